The van der Waals surface area contributed by atoms with Gasteiger partial charge in [-0.2, -0.15) is 12.1 Å². The Kier molecular flexibility index (Phi) is 12.5. The Bertz CT molecular complexity index is 490. The molecule has 2 rings (SSSR count). The number of halogens is 3. The van der Waals surface area contributed by atoms with E-state index in [9.17, 15) is 0 Å². The predicted octanol–water partition coefficient (Wildman–Crippen LogP) is -4.64. The van der Waals surface area contributed by atoms with Crippen molar-refractivity contribution < 1.29 is 58.9 Å². The average Bonchev–Trinajstić information content (AvgIpc) is 2.75. The largest absolute Gasteiger partial charge is 4.00 e. The molecule has 0 spiro atoms. The molecule has 0 unspecified atom stereocenters. The van der Waals surface area contributed by atoms with E-state index in [1.807, 2.05) is 0 Å². The van der Waals surface area contributed by atoms with Gasteiger partial charge in [-0.25, -0.2) is 12.1 Å². The first-order valence-electron chi connectivity index (χ1n) is 5.82. The van der Waals surface area contributed by atoms with Gasteiger partial charge in [0.15, 0.2) is 0 Å². The summed E-state index contributed by atoms with van der Waals surface area (Å²) in [5.41, 5.74) is 5.62. The SMILES string of the molecule is Cc1ccc(C)c(C(C)(C)[c-]2cccc2)c1.[Cl-].[Cl-].[Cl-].[Ti+4]. The van der Waals surface area contributed by atoms with Gasteiger partial charge in [-0.1, -0.05) is 37.6 Å². The van der Waals surface area contributed by atoms with Crippen molar-refractivity contribution in [3.8, 4) is 0 Å². The number of hydrogen-bond donors (Lipinski definition) is 0. The first-order chi connectivity index (χ1) is 7.51. The maximum Gasteiger partial charge on any atom is 4.00 e. The van der Waals surface area contributed by atoms with E-state index < -0.39 is 0 Å². The van der Waals surface area contributed by atoms with Gasteiger partial charge in [-0.3, -0.25) is 0 Å². The summed E-state index contributed by atoms with van der Waals surface area (Å²) in [6.45, 7) is 8.94. The topological polar surface area (TPSA) is 0 Å². The van der Waals surface area contributed by atoms with Crippen LogP contribution in [0.4, 0.5) is 0 Å². The number of hydrogen-bond acceptors (Lipinski definition) is 0. The summed E-state index contributed by atoms with van der Waals surface area (Å²) in [7, 11) is 0. The Hall–Kier alpha value is 0.154. The first kappa shape index (κ1) is 25.1. The number of benzene rings is 1. The van der Waals surface area contributed by atoms with Gasteiger partial charge >= 0.3 is 21.7 Å². The van der Waals surface area contributed by atoms with Crippen molar-refractivity contribution in [2.75, 3.05) is 0 Å². The summed E-state index contributed by atoms with van der Waals surface area (Å²) in [6, 6.07) is 15.4. The second-order valence-electron chi connectivity index (χ2n) is 5.12. The minimum Gasteiger partial charge on any atom is -1.00 e. The summed E-state index contributed by atoms with van der Waals surface area (Å²) >= 11 is 0. The van der Waals surface area contributed by atoms with Crippen LogP contribution in [0.3, 0.4) is 0 Å². The van der Waals surface area contributed by atoms with Crippen LogP contribution in [0.2, 0.25) is 0 Å². The van der Waals surface area contributed by atoms with E-state index in [0.717, 1.165) is 0 Å². The van der Waals surface area contributed by atoms with E-state index in [1.54, 1.807) is 0 Å². The van der Waals surface area contributed by atoms with Crippen LogP contribution in [0.25, 0.3) is 0 Å². The quantitative estimate of drug-likeness (QED) is 0.371. The molecule has 0 bridgehead atoms. The van der Waals surface area contributed by atoms with E-state index in [4.69, 9.17) is 0 Å². The zero-order valence-electron chi connectivity index (χ0n) is 12.2. The molecular weight excluding hydrogens is 346 g/mol. The fourth-order valence-corrected chi connectivity index (χ4v) is 2.36. The van der Waals surface area contributed by atoms with Crippen LogP contribution < -0.4 is 37.2 Å². The second-order valence-corrected chi connectivity index (χ2v) is 5.12. The van der Waals surface area contributed by atoms with E-state index in [2.05, 4.69) is 70.2 Å². The van der Waals surface area contributed by atoms with Crippen LogP contribution >= 0.6 is 0 Å². The van der Waals surface area contributed by atoms with E-state index in [1.165, 1.54) is 22.3 Å². The molecule has 0 aliphatic carbocycles. The van der Waals surface area contributed by atoms with Gasteiger partial charge in [0.1, 0.15) is 0 Å². The van der Waals surface area contributed by atoms with Crippen molar-refractivity contribution >= 4 is 0 Å². The Labute approximate surface area is 156 Å². The Morgan fingerprint density at radius 2 is 1.40 bits per heavy atom. The van der Waals surface area contributed by atoms with Crippen molar-refractivity contribution in [2.45, 2.75) is 33.1 Å². The van der Waals surface area contributed by atoms with Gasteiger partial charge in [-0.15, -0.1) is 5.56 Å². The molecule has 0 N–H and O–H groups in total. The minimum absolute atomic E-state index is 0. The summed E-state index contributed by atoms with van der Waals surface area (Å²) in [6.07, 6.45) is 0. The second kappa shape index (κ2) is 9.98. The molecule has 108 valence electrons. The molecule has 2 aromatic carbocycles. The van der Waals surface area contributed by atoms with Gasteiger partial charge in [-0.05, 0) is 30.4 Å². The van der Waals surface area contributed by atoms with Crippen LogP contribution in [-0.4, -0.2) is 0 Å². The monoisotopic (exact) mass is 364 g/mol. The van der Waals surface area contributed by atoms with E-state index in [0.29, 0.717) is 0 Å². The third-order valence-corrected chi connectivity index (χ3v) is 3.45. The molecule has 0 saturated heterocycles. The maximum absolute atomic E-state index is 2.31. The molecule has 0 heterocycles. The minimum atomic E-state index is 0. The molecule has 0 saturated carbocycles. The summed E-state index contributed by atoms with van der Waals surface area (Å²) < 4.78 is 0. The van der Waals surface area contributed by atoms with Crippen molar-refractivity contribution in [3.05, 3.63) is 64.7 Å². The van der Waals surface area contributed by atoms with E-state index >= 15 is 0 Å². The molecule has 2 aromatic rings. The van der Waals surface area contributed by atoms with Crippen molar-refractivity contribution in [2.24, 2.45) is 0 Å². The smallest absolute Gasteiger partial charge is 1.00 e. The Morgan fingerprint density at radius 3 is 1.90 bits per heavy atom. The molecule has 0 aliphatic heterocycles. The van der Waals surface area contributed by atoms with Gasteiger partial charge in [0.2, 0.25) is 0 Å². The molecule has 4 heteroatoms. The normalized spacial score (nSPS) is 9.40. The van der Waals surface area contributed by atoms with Gasteiger partial charge < -0.3 is 37.2 Å². The molecule has 0 nitrogen and oxygen atoms in total. The van der Waals surface area contributed by atoms with Gasteiger partial charge in [0.05, 0.1) is 0 Å². The molecule has 0 atom stereocenters. The van der Waals surface area contributed by atoms with Crippen molar-refractivity contribution in [1.29, 1.82) is 0 Å². The molecule has 0 fully saturated rings. The molecule has 0 aromatic heterocycles. The fourth-order valence-electron chi connectivity index (χ4n) is 2.36. The third-order valence-electron chi connectivity index (χ3n) is 3.45. The zero-order valence-corrected chi connectivity index (χ0v) is 16.0. The average molecular weight is 366 g/mol. The Balaban J connectivity index is -0.000000722. The molecule has 0 aliphatic rings. The molecule has 0 amide bonds. The molecule has 20 heavy (non-hydrogen) atoms. The maximum atomic E-state index is 2.31. The third kappa shape index (κ3) is 5.17. The standard InChI is InChI=1S/C16H19.3ClH.Ti/c1-12-9-10-13(2)15(11-12)16(3,4)14-7-5-6-8-14;;;;/h5-11H,1-4H3;3*1H;/q-1;;;;+4/p-3. The predicted molar refractivity (Wildman–Crippen MR) is 70.1 cm³/mol. The molecule has 0 radical (unpaired) electrons. The van der Waals surface area contributed by atoms with E-state index in [-0.39, 0.29) is 64.4 Å². The van der Waals surface area contributed by atoms with Crippen molar-refractivity contribution in [1.82, 2.24) is 0 Å². The summed E-state index contributed by atoms with van der Waals surface area (Å²) in [5.74, 6) is 0. The zero-order chi connectivity index (χ0) is 11.8. The van der Waals surface area contributed by atoms with Crippen LogP contribution in [0.5, 0.6) is 0 Å². The van der Waals surface area contributed by atoms with Gasteiger partial charge in [0.25, 0.3) is 0 Å². The Morgan fingerprint density at radius 1 is 0.900 bits per heavy atom. The summed E-state index contributed by atoms with van der Waals surface area (Å²) in [4.78, 5) is 0. The van der Waals surface area contributed by atoms with Crippen LogP contribution in [0.15, 0.2) is 42.5 Å². The fraction of sp³-hybridized carbons (Fsp3) is 0.312. The van der Waals surface area contributed by atoms with Crippen LogP contribution in [-0.2, 0) is 27.1 Å². The number of rotatable bonds is 2. The number of aryl methyl sites for hydroxylation is 2. The van der Waals surface area contributed by atoms with Gasteiger partial charge in [0, 0.05) is 0 Å². The van der Waals surface area contributed by atoms with Crippen molar-refractivity contribution in [3.63, 3.8) is 0 Å². The van der Waals surface area contributed by atoms with Crippen LogP contribution in [0, 0.1) is 13.8 Å². The first-order valence-corrected chi connectivity index (χ1v) is 5.82. The molecular formula is C16H19Cl3Ti. The van der Waals surface area contributed by atoms with Crippen LogP contribution in [0.1, 0.15) is 36.1 Å². The summed E-state index contributed by atoms with van der Waals surface area (Å²) in [5, 5.41) is 0.